The van der Waals surface area contributed by atoms with Crippen LogP contribution in [0.25, 0.3) is 10.2 Å². The molecule has 0 radical (unpaired) electrons. The van der Waals surface area contributed by atoms with Gasteiger partial charge in [0.15, 0.2) is 0 Å². The van der Waals surface area contributed by atoms with Crippen LogP contribution in [-0.4, -0.2) is 48.0 Å². The van der Waals surface area contributed by atoms with Crippen molar-refractivity contribution in [2.45, 2.75) is 39.0 Å². The number of nitrogens with one attached hydrogen (secondary N) is 3. The third-order valence-electron chi connectivity index (χ3n) is 5.59. The summed E-state index contributed by atoms with van der Waals surface area (Å²) < 4.78 is 5.90. The SMILES string of the molecule is COC[C@@H](NCc1cccc(CCNC[C@H](O)c2ccc(O)c3[nH]c(=O)sc23)c1)C(C)C. The van der Waals surface area contributed by atoms with E-state index in [1.54, 1.807) is 13.2 Å². The number of phenols is 1. The number of aromatic nitrogens is 1. The van der Waals surface area contributed by atoms with E-state index in [0.29, 0.717) is 40.9 Å². The molecule has 7 nitrogen and oxygen atoms in total. The van der Waals surface area contributed by atoms with Gasteiger partial charge < -0.3 is 30.6 Å². The third-order valence-corrected chi connectivity index (χ3v) is 6.52. The number of aromatic amines is 1. The van der Waals surface area contributed by atoms with Crippen LogP contribution in [0.15, 0.2) is 41.2 Å². The summed E-state index contributed by atoms with van der Waals surface area (Å²) in [7, 11) is 1.73. The molecule has 32 heavy (non-hydrogen) atoms. The van der Waals surface area contributed by atoms with E-state index in [1.165, 1.54) is 17.2 Å². The van der Waals surface area contributed by atoms with Crippen LogP contribution >= 0.6 is 11.3 Å². The van der Waals surface area contributed by atoms with Crippen molar-refractivity contribution < 1.29 is 14.9 Å². The highest BCUT2D eigenvalue weighted by Gasteiger charge is 2.16. The zero-order chi connectivity index (χ0) is 23.1. The number of benzene rings is 2. The lowest BCUT2D eigenvalue weighted by Crippen LogP contribution is -2.37. The van der Waals surface area contributed by atoms with Gasteiger partial charge in [0.05, 0.1) is 17.4 Å². The summed E-state index contributed by atoms with van der Waals surface area (Å²) in [5, 5.41) is 27.4. The predicted octanol–water partition coefficient (Wildman–Crippen LogP) is 2.92. The molecule has 1 heterocycles. The molecule has 0 aliphatic rings. The number of aliphatic hydroxyl groups excluding tert-OH is 1. The molecule has 0 aliphatic heterocycles. The highest BCUT2D eigenvalue weighted by Crippen LogP contribution is 2.31. The maximum Gasteiger partial charge on any atom is 0.305 e. The van der Waals surface area contributed by atoms with Crippen molar-refractivity contribution in [2.24, 2.45) is 5.92 Å². The summed E-state index contributed by atoms with van der Waals surface area (Å²) in [6.07, 6.45) is 0.0724. The molecule has 2 aromatic carbocycles. The van der Waals surface area contributed by atoms with E-state index >= 15 is 0 Å². The molecule has 0 amide bonds. The summed E-state index contributed by atoms with van der Waals surface area (Å²) in [4.78, 5) is 14.0. The number of hydrogen-bond donors (Lipinski definition) is 5. The Labute approximate surface area is 192 Å². The Kier molecular flexibility index (Phi) is 8.84. The highest BCUT2D eigenvalue weighted by molar-refractivity contribution is 7.16. The lowest BCUT2D eigenvalue weighted by Gasteiger charge is -2.21. The van der Waals surface area contributed by atoms with Crippen molar-refractivity contribution in [1.82, 2.24) is 15.6 Å². The summed E-state index contributed by atoms with van der Waals surface area (Å²) in [5.74, 6) is 0.509. The molecule has 3 rings (SSSR count). The van der Waals surface area contributed by atoms with E-state index in [9.17, 15) is 15.0 Å². The van der Waals surface area contributed by atoms with Gasteiger partial charge in [-0.15, -0.1) is 0 Å². The van der Waals surface area contributed by atoms with Crippen molar-refractivity contribution in [3.8, 4) is 5.75 Å². The van der Waals surface area contributed by atoms with Crippen LogP contribution in [0.3, 0.4) is 0 Å². The fraction of sp³-hybridized carbons (Fsp3) is 0.458. The van der Waals surface area contributed by atoms with Crippen molar-refractivity contribution in [3.05, 3.63) is 62.8 Å². The molecular formula is C24H33N3O4S. The van der Waals surface area contributed by atoms with Gasteiger partial charge in [0.2, 0.25) is 0 Å². The number of ether oxygens (including phenoxy) is 1. The maximum atomic E-state index is 11.7. The number of rotatable bonds is 12. The van der Waals surface area contributed by atoms with Gasteiger partial charge in [0, 0.05) is 31.8 Å². The average Bonchev–Trinajstić information content (AvgIpc) is 3.16. The summed E-state index contributed by atoms with van der Waals surface area (Å²) in [6.45, 7) is 6.94. The quantitative estimate of drug-likeness (QED) is 0.267. The first kappa shape index (κ1) is 24.4. The van der Waals surface area contributed by atoms with E-state index in [2.05, 4.69) is 53.7 Å². The normalized spacial score (nSPS) is 13.7. The van der Waals surface area contributed by atoms with E-state index in [0.717, 1.165) is 30.8 Å². The average molecular weight is 460 g/mol. The van der Waals surface area contributed by atoms with Crippen molar-refractivity contribution in [1.29, 1.82) is 0 Å². The van der Waals surface area contributed by atoms with Gasteiger partial charge in [0.1, 0.15) is 11.3 Å². The second-order valence-corrected chi connectivity index (χ2v) is 9.35. The van der Waals surface area contributed by atoms with Crippen molar-refractivity contribution in [2.75, 3.05) is 26.8 Å². The second-order valence-electron chi connectivity index (χ2n) is 8.37. The maximum absolute atomic E-state index is 11.7. The Morgan fingerprint density at radius 3 is 2.72 bits per heavy atom. The van der Waals surface area contributed by atoms with Crippen LogP contribution in [-0.2, 0) is 17.7 Å². The molecule has 1 aromatic heterocycles. The van der Waals surface area contributed by atoms with E-state index in [1.807, 2.05) is 0 Å². The summed E-state index contributed by atoms with van der Waals surface area (Å²) in [5.41, 5.74) is 3.48. The van der Waals surface area contributed by atoms with Gasteiger partial charge in [-0.25, -0.2) is 0 Å². The molecular weight excluding hydrogens is 426 g/mol. The molecule has 8 heteroatoms. The van der Waals surface area contributed by atoms with Crippen LogP contribution in [0.4, 0.5) is 0 Å². The van der Waals surface area contributed by atoms with Crippen LogP contribution in [0.1, 0.15) is 36.6 Å². The van der Waals surface area contributed by atoms with E-state index in [-0.39, 0.29) is 10.6 Å². The van der Waals surface area contributed by atoms with Gasteiger partial charge in [-0.3, -0.25) is 4.79 Å². The molecule has 0 unspecified atom stereocenters. The van der Waals surface area contributed by atoms with Gasteiger partial charge in [-0.2, -0.15) is 0 Å². The Morgan fingerprint density at radius 2 is 1.97 bits per heavy atom. The highest BCUT2D eigenvalue weighted by atomic mass is 32.1. The summed E-state index contributed by atoms with van der Waals surface area (Å²) >= 11 is 0.997. The zero-order valence-electron chi connectivity index (χ0n) is 18.9. The first-order valence-electron chi connectivity index (χ1n) is 10.9. The number of methoxy groups -OCH3 is 1. The number of thiazole rings is 1. The third kappa shape index (κ3) is 6.40. The Balaban J connectivity index is 1.50. The fourth-order valence-corrected chi connectivity index (χ4v) is 4.61. The first-order valence-corrected chi connectivity index (χ1v) is 11.7. The standard InChI is InChI=1S/C24H33N3O4S/c1-15(2)19(14-31-3)26-12-17-6-4-5-16(11-17)9-10-25-13-21(29)18-7-8-20(28)22-23(18)32-24(30)27-22/h4-8,11,15,19,21,25-26,28-29H,9-10,12-14H2,1-3H3,(H,27,30)/t19-,21+/m1/s1. The number of fused-ring (bicyclic) bond motifs is 1. The summed E-state index contributed by atoms with van der Waals surface area (Å²) in [6, 6.07) is 12.0. The van der Waals surface area contributed by atoms with Crippen molar-refractivity contribution >= 4 is 21.6 Å². The zero-order valence-corrected chi connectivity index (χ0v) is 19.7. The lowest BCUT2D eigenvalue weighted by molar-refractivity contribution is 0.146. The molecule has 0 bridgehead atoms. The lowest BCUT2D eigenvalue weighted by atomic mass is 10.0. The predicted molar refractivity (Wildman–Crippen MR) is 129 cm³/mol. The minimum atomic E-state index is -0.770. The Bertz CT molecular complexity index is 1060. The van der Waals surface area contributed by atoms with Gasteiger partial charge in [0.25, 0.3) is 0 Å². The van der Waals surface area contributed by atoms with Crippen LogP contribution in [0.2, 0.25) is 0 Å². The number of hydrogen-bond acceptors (Lipinski definition) is 7. The Hall–Kier alpha value is -2.23. The first-order chi connectivity index (χ1) is 15.4. The molecule has 0 saturated carbocycles. The smallest absolute Gasteiger partial charge is 0.305 e. The topological polar surface area (TPSA) is 107 Å². The van der Waals surface area contributed by atoms with E-state index < -0.39 is 6.10 Å². The molecule has 2 atom stereocenters. The molecule has 0 spiro atoms. The molecule has 0 saturated heterocycles. The van der Waals surface area contributed by atoms with E-state index in [4.69, 9.17) is 4.74 Å². The number of aromatic hydroxyl groups is 1. The number of H-pyrrole nitrogens is 1. The monoisotopic (exact) mass is 459 g/mol. The number of aliphatic hydroxyl groups is 1. The van der Waals surface area contributed by atoms with Gasteiger partial charge >= 0.3 is 4.87 Å². The van der Waals surface area contributed by atoms with Crippen LogP contribution < -0.4 is 15.5 Å². The minimum absolute atomic E-state index is 0.0126. The molecule has 5 N–H and O–H groups in total. The number of phenolic OH excluding ortho intramolecular Hbond substituents is 1. The largest absolute Gasteiger partial charge is 0.506 e. The molecule has 0 fully saturated rings. The Morgan fingerprint density at radius 1 is 1.19 bits per heavy atom. The molecule has 3 aromatic rings. The van der Waals surface area contributed by atoms with Gasteiger partial charge in [-0.05, 0) is 36.1 Å². The van der Waals surface area contributed by atoms with Gasteiger partial charge in [-0.1, -0.05) is 55.5 Å². The minimum Gasteiger partial charge on any atom is -0.506 e. The fourth-order valence-electron chi connectivity index (χ4n) is 3.69. The molecule has 174 valence electrons. The second kappa shape index (κ2) is 11.6. The molecule has 0 aliphatic carbocycles. The van der Waals surface area contributed by atoms with Crippen LogP contribution in [0, 0.1) is 5.92 Å². The van der Waals surface area contributed by atoms with Crippen molar-refractivity contribution in [3.63, 3.8) is 0 Å². The van der Waals surface area contributed by atoms with Crippen LogP contribution in [0.5, 0.6) is 5.75 Å².